The maximum absolute atomic E-state index is 12.5. The van der Waals surface area contributed by atoms with Crippen LogP contribution < -0.4 is 5.32 Å². The number of hydrogen-bond acceptors (Lipinski definition) is 2. The molecule has 112 valence electrons. The highest BCUT2D eigenvalue weighted by Crippen LogP contribution is 2.24. The van der Waals surface area contributed by atoms with E-state index in [0.717, 1.165) is 36.8 Å². The summed E-state index contributed by atoms with van der Waals surface area (Å²) in [5.41, 5.74) is 0.632. The Labute approximate surface area is 139 Å². The third-order valence-corrected chi connectivity index (χ3v) is 4.50. The quantitative estimate of drug-likeness (QED) is 0.846. The van der Waals surface area contributed by atoms with E-state index < -0.39 is 0 Å². The molecule has 0 radical (unpaired) electrons. The predicted octanol–water partition coefficient (Wildman–Crippen LogP) is 3.74. The van der Waals surface area contributed by atoms with Crippen LogP contribution >= 0.6 is 39.9 Å². The Morgan fingerprint density at radius 1 is 1.40 bits per heavy atom. The van der Waals surface area contributed by atoms with Gasteiger partial charge in [0, 0.05) is 22.6 Å². The number of benzene rings is 1. The minimum atomic E-state index is 0. The molecule has 1 aliphatic heterocycles. The van der Waals surface area contributed by atoms with Gasteiger partial charge in [-0.1, -0.05) is 11.6 Å². The molecule has 1 atom stereocenters. The van der Waals surface area contributed by atoms with E-state index in [-0.39, 0.29) is 18.3 Å². The zero-order chi connectivity index (χ0) is 13.8. The van der Waals surface area contributed by atoms with Gasteiger partial charge in [-0.25, -0.2) is 0 Å². The van der Waals surface area contributed by atoms with Crippen molar-refractivity contribution in [1.29, 1.82) is 0 Å². The first-order valence-corrected chi connectivity index (χ1v) is 7.69. The van der Waals surface area contributed by atoms with E-state index in [9.17, 15) is 4.79 Å². The van der Waals surface area contributed by atoms with Crippen molar-refractivity contribution in [2.75, 3.05) is 20.1 Å². The fourth-order valence-electron chi connectivity index (χ4n) is 2.41. The molecule has 0 bridgehead atoms. The lowest BCUT2D eigenvalue weighted by Crippen LogP contribution is -2.37. The number of amides is 1. The van der Waals surface area contributed by atoms with Crippen molar-refractivity contribution in [3.63, 3.8) is 0 Å². The molecular formula is C14H19BrCl2N2O. The van der Waals surface area contributed by atoms with Crippen LogP contribution in [0.5, 0.6) is 0 Å². The van der Waals surface area contributed by atoms with E-state index in [4.69, 9.17) is 11.6 Å². The first kappa shape index (κ1) is 17.8. The molecule has 1 N–H and O–H groups in total. The molecule has 1 aliphatic rings. The summed E-state index contributed by atoms with van der Waals surface area (Å²) in [5.74, 6) is 0.0290. The second kappa shape index (κ2) is 8.23. The van der Waals surface area contributed by atoms with Gasteiger partial charge in [0.2, 0.25) is 0 Å². The second-order valence-corrected chi connectivity index (χ2v) is 6.17. The van der Waals surface area contributed by atoms with Crippen LogP contribution in [0.4, 0.5) is 0 Å². The lowest BCUT2D eigenvalue weighted by Gasteiger charge is -2.27. The van der Waals surface area contributed by atoms with Crippen molar-refractivity contribution in [2.24, 2.45) is 0 Å². The second-order valence-electron chi connectivity index (χ2n) is 4.87. The molecule has 1 saturated heterocycles. The van der Waals surface area contributed by atoms with Crippen LogP contribution in [0, 0.1) is 0 Å². The summed E-state index contributed by atoms with van der Waals surface area (Å²) in [6.07, 6.45) is 3.16. The maximum Gasteiger partial charge on any atom is 0.255 e. The molecule has 1 aromatic rings. The van der Waals surface area contributed by atoms with E-state index >= 15 is 0 Å². The van der Waals surface area contributed by atoms with E-state index in [0.29, 0.717) is 16.6 Å². The van der Waals surface area contributed by atoms with E-state index in [1.807, 2.05) is 18.0 Å². The zero-order valence-electron chi connectivity index (χ0n) is 11.4. The lowest BCUT2D eigenvalue weighted by atomic mass is 10.1. The molecule has 0 saturated carbocycles. The van der Waals surface area contributed by atoms with Gasteiger partial charge in [-0.2, -0.15) is 0 Å². The molecule has 0 aliphatic carbocycles. The van der Waals surface area contributed by atoms with Crippen LogP contribution in [-0.2, 0) is 0 Å². The third-order valence-electron chi connectivity index (χ3n) is 3.57. The highest BCUT2D eigenvalue weighted by atomic mass is 79.9. The van der Waals surface area contributed by atoms with E-state index in [1.54, 1.807) is 12.1 Å². The minimum Gasteiger partial charge on any atom is -0.339 e. The van der Waals surface area contributed by atoms with Gasteiger partial charge < -0.3 is 10.2 Å². The highest BCUT2D eigenvalue weighted by Gasteiger charge is 2.23. The van der Waals surface area contributed by atoms with Crippen molar-refractivity contribution < 1.29 is 4.79 Å². The van der Waals surface area contributed by atoms with Crippen molar-refractivity contribution in [3.8, 4) is 0 Å². The van der Waals surface area contributed by atoms with Gasteiger partial charge >= 0.3 is 0 Å². The minimum absolute atomic E-state index is 0. The number of rotatable bonds is 2. The van der Waals surface area contributed by atoms with Gasteiger partial charge in [-0.3, -0.25) is 4.79 Å². The number of halogens is 3. The molecular weight excluding hydrogens is 363 g/mol. The first-order valence-electron chi connectivity index (χ1n) is 6.52. The van der Waals surface area contributed by atoms with Gasteiger partial charge in [0.1, 0.15) is 0 Å². The maximum atomic E-state index is 12.5. The molecule has 6 heteroatoms. The Morgan fingerprint density at radius 3 is 2.90 bits per heavy atom. The Bertz CT molecular complexity index is 462. The van der Waals surface area contributed by atoms with Crippen LogP contribution in [0.25, 0.3) is 0 Å². The number of nitrogens with zero attached hydrogens (tertiary/aromatic N) is 1. The molecule has 0 spiro atoms. The number of carbonyl (C=O) groups excluding carboxylic acids is 1. The Balaban J connectivity index is 0.00000200. The fourth-order valence-corrected chi connectivity index (χ4v) is 2.99. The average Bonchev–Trinajstić information content (AvgIpc) is 2.69. The van der Waals surface area contributed by atoms with Gasteiger partial charge in [-0.15, -0.1) is 12.4 Å². The Hall–Kier alpha value is -0.290. The molecule has 3 nitrogen and oxygen atoms in total. The third kappa shape index (κ3) is 4.35. The first-order chi connectivity index (χ1) is 9.09. The van der Waals surface area contributed by atoms with Gasteiger partial charge in [0.15, 0.2) is 0 Å². The van der Waals surface area contributed by atoms with Gasteiger partial charge in [0.05, 0.1) is 5.56 Å². The summed E-state index contributed by atoms with van der Waals surface area (Å²) >= 11 is 9.40. The molecule has 1 aromatic carbocycles. The Kier molecular flexibility index (Phi) is 7.30. The molecule has 1 heterocycles. The van der Waals surface area contributed by atoms with Crippen LogP contribution in [0.2, 0.25) is 5.02 Å². The SMILES string of the molecule is CN(C(=O)c1cc(Cl)ccc1Br)C1CCCNCC1.Cl. The molecule has 1 fully saturated rings. The van der Waals surface area contributed by atoms with Crippen LogP contribution in [0.3, 0.4) is 0 Å². The van der Waals surface area contributed by atoms with Gasteiger partial charge in [0.25, 0.3) is 5.91 Å². The smallest absolute Gasteiger partial charge is 0.255 e. The molecule has 1 amide bonds. The fraction of sp³-hybridized carbons (Fsp3) is 0.500. The zero-order valence-corrected chi connectivity index (χ0v) is 14.5. The molecule has 1 unspecified atom stereocenters. The normalized spacial score (nSPS) is 18.9. The van der Waals surface area contributed by atoms with Crippen molar-refractivity contribution in [1.82, 2.24) is 10.2 Å². The van der Waals surface area contributed by atoms with Crippen LogP contribution in [0.15, 0.2) is 22.7 Å². The van der Waals surface area contributed by atoms with Gasteiger partial charge in [-0.05, 0) is 66.5 Å². The lowest BCUT2D eigenvalue weighted by molar-refractivity contribution is 0.0719. The summed E-state index contributed by atoms with van der Waals surface area (Å²) in [7, 11) is 1.88. The largest absolute Gasteiger partial charge is 0.339 e. The number of nitrogens with one attached hydrogen (secondary N) is 1. The summed E-state index contributed by atoms with van der Waals surface area (Å²) in [6, 6.07) is 5.61. The summed E-state index contributed by atoms with van der Waals surface area (Å²) in [5, 5.41) is 3.95. The highest BCUT2D eigenvalue weighted by molar-refractivity contribution is 9.10. The summed E-state index contributed by atoms with van der Waals surface area (Å²) < 4.78 is 0.792. The van der Waals surface area contributed by atoms with E-state index in [2.05, 4.69) is 21.2 Å². The van der Waals surface area contributed by atoms with Crippen molar-refractivity contribution in [3.05, 3.63) is 33.3 Å². The number of hydrogen-bond donors (Lipinski definition) is 1. The van der Waals surface area contributed by atoms with Crippen molar-refractivity contribution in [2.45, 2.75) is 25.3 Å². The van der Waals surface area contributed by atoms with Crippen LogP contribution in [-0.4, -0.2) is 37.0 Å². The van der Waals surface area contributed by atoms with Crippen LogP contribution in [0.1, 0.15) is 29.6 Å². The monoisotopic (exact) mass is 380 g/mol. The summed E-state index contributed by atoms with van der Waals surface area (Å²) in [4.78, 5) is 14.4. The Morgan fingerprint density at radius 2 is 2.15 bits per heavy atom. The number of carbonyl (C=O) groups is 1. The van der Waals surface area contributed by atoms with Crippen molar-refractivity contribution >= 4 is 45.8 Å². The molecule has 20 heavy (non-hydrogen) atoms. The standard InChI is InChI=1S/C14H18BrClN2O.ClH/c1-18(11-3-2-7-17-8-6-11)14(19)12-9-10(16)4-5-13(12)15;/h4-5,9,11,17H,2-3,6-8H2,1H3;1H. The molecule has 0 aromatic heterocycles. The predicted molar refractivity (Wildman–Crippen MR) is 89.0 cm³/mol. The summed E-state index contributed by atoms with van der Waals surface area (Å²) in [6.45, 7) is 2.01. The molecule has 2 rings (SSSR count). The van der Waals surface area contributed by atoms with E-state index in [1.165, 1.54) is 0 Å². The topological polar surface area (TPSA) is 32.3 Å². The average molecular weight is 382 g/mol.